The summed E-state index contributed by atoms with van der Waals surface area (Å²) in [7, 11) is 0. The van der Waals surface area contributed by atoms with Gasteiger partial charge in [0, 0.05) is 17.1 Å². The van der Waals surface area contributed by atoms with Crippen molar-refractivity contribution in [1.82, 2.24) is 5.32 Å². The number of Topliss-reactive ketones (excluding diaryl/α,β-unsaturated/α-hetero) is 1. The minimum atomic E-state index is -0.799. The van der Waals surface area contributed by atoms with Gasteiger partial charge in [-0.2, -0.15) is 0 Å². The van der Waals surface area contributed by atoms with Crippen molar-refractivity contribution in [1.29, 1.82) is 0 Å². The van der Waals surface area contributed by atoms with Crippen molar-refractivity contribution in [2.24, 2.45) is 0 Å². The molecule has 0 bridgehead atoms. The zero-order chi connectivity index (χ0) is 24.1. The molecule has 0 spiro atoms. The number of hydrogen-bond acceptors (Lipinski definition) is 5. The van der Waals surface area contributed by atoms with Gasteiger partial charge in [-0.15, -0.1) is 0 Å². The molecule has 1 aliphatic rings. The third kappa shape index (κ3) is 5.38. The highest BCUT2D eigenvalue weighted by atomic mass is 35.5. The molecule has 4 rings (SSSR count). The number of ether oxygens (including phenoxy) is 2. The Balaban J connectivity index is 1.49. The molecule has 0 unspecified atom stereocenters. The van der Waals surface area contributed by atoms with E-state index in [1.54, 1.807) is 49.4 Å². The molecule has 0 aromatic heterocycles. The molecule has 3 aromatic carbocycles. The van der Waals surface area contributed by atoms with Crippen LogP contribution in [0, 0.1) is 0 Å². The molecular weight excluding hydrogens is 456 g/mol. The largest absolute Gasteiger partial charge is 0.485 e. The van der Waals surface area contributed by atoms with E-state index in [2.05, 4.69) is 5.32 Å². The normalized spacial score (nSPS) is 13.5. The van der Waals surface area contributed by atoms with Gasteiger partial charge in [0.2, 0.25) is 5.91 Å². The minimum absolute atomic E-state index is 0.186. The van der Waals surface area contributed by atoms with Crippen molar-refractivity contribution in [3.05, 3.63) is 88.9 Å². The minimum Gasteiger partial charge on any atom is -0.485 e. The number of hydrogen-bond donors (Lipinski definition) is 1. The van der Waals surface area contributed by atoms with Gasteiger partial charge < -0.3 is 14.8 Å². The SMILES string of the molecule is C[C@@H](C(=O)NCc1ccccc1)N1C(=O)COc2ccc(C(=O)COc3cccc(Cl)c3)cc21. The van der Waals surface area contributed by atoms with E-state index in [-0.39, 0.29) is 30.8 Å². The highest BCUT2D eigenvalue weighted by Crippen LogP contribution is 2.34. The van der Waals surface area contributed by atoms with Gasteiger partial charge in [-0.1, -0.05) is 48.0 Å². The number of ketones is 1. The standard InChI is InChI=1S/C26H23ClN2O5/c1-17(26(32)28-14-18-6-3-2-4-7-18)29-22-12-19(10-11-24(22)34-16-25(29)31)23(30)15-33-21-9-5-8-20(27)13-21/h2-13,17H,14-16H2,1H3,(H,28,32)/t17-/m0/s1. The van der Waals surface area contributed by atoms with Crippen molar-refractivity contribution >= 4 is 34.9 Å². The molecule has 7 nitrogen and oxygen atoms in total. The second-order valence-electron chi connectivity index (χ2n) is 7.78. The lowest BCUT2D eigenvalue weighted by Crippen LogP contribution is -2.51. The number of anilines is 1. The average Bonchev–Trinajstić information content (AvgIpc) is 2.85. The van der Waals surface area contributed by atoms with Gasteiger partial charge >= 0.3 is 0 Å². The molecule has 0 aliphatic carbocycles. The lowest BCUT2D eigenvalue weighted by atomic mass is 10.1. The summed E-state index contributed by atoms with van der Waals surface area (Å²) in [6, 6.07) is 20.2. The molecule has 0 radical (unpaired) electrons. The molecule has 1 heterocycles. The lowest BCUT2D eigenvalue weighted by Gasteiger charge is -2.33. The van der Waals surface area contributed by atoms with Gasteiger partial charge in [-0.3, -0.25) is 19.3 Å². The molecule has 0 saturated carbocycles. The van der Waals surface area contributed by atoms with Gasteiger partial charge in [0.05, 0.1) is 5.69 Å². The fraction of sp³-hybridized carbons (Fsp3) is 0.192. The summed E-state index contributed by atoms with van der Waals surface area (Å²) in [5.74, 6) is -0.0695. The Hall–Kier alpha value is -3.84. The molecule has 3 aromatic rings. The Morgan fingerprint density at radius 3 is 2.65 bits per heavy atom. The molecule has 1 atom stereocenters. The van der Waals surface area contributed by atoms with Crippen LogP contribution >= 0.6 is 11.6 Å². The van der Waals surface area contributed by atoms with E-state index in [0.717, 1.165) is 5.56 Å². The molecule has 174 valence electrons. The Labute approximate surface area is 202 Å². The summed E-state index contributed by atoms with van der Waals surface area (Å²) >= 11 is 5.95. The predicted molar refractivity (Wildman–Crippen MR) is 128 cm³/mol. The molecule has 8 heteroatoms. The van der Waals surface area contributed by atoms with Gasteiger partial charge in [0.25, 0.3) is 5.91 Å². The highest BCUT2D eigenvalue weighted by molar-refractivity contribution is 6.30. The molecule has 0 fully saturated rings. The smallest absolute Gasteiger partial charge is 0.265 e. The fourth-order valence-electron chi connectivity index (χ4n) is 3.61. The third-order valence-corrected chi connectivity index (χ3v) is 5.64. The maximum Gasteiger partial charge on any atom is 0.265 e. The number of halogens is 1. The van der Waals surface area contributed by atoms with Gasteiger partial charge in [-0.25, -0.2) is 0 Å². The van der Waals surface area contributed by atoms with Crippen LogP contribution in [0.15, 0.2) is 72.8 Å². The van der Waals surface area contributed by atoms with Crippen LogP contribution in [0.25, 0.3) is 0 Å². The lowest BCUT2D eigenvalue weighted by molar-refractivity contribution is -0.127. The van der Waals surface area contributed by atoms with E-state index < -0.39 is 6.04 Å². The maximum absolute atomic E-state index is 12.8. The number of carbonyl (C=O) groups is 3. The van der Waals surface area contributed by atoms with Crippen LogP contribution in [0.2, 0.25) is 5.02 Å². The molecule has 0 saturated heterocycles. The maximum atomic E-state index is 12.8. The first-order valence-corrected chi connectivity index (χ1v) is 11.1. The summed E-state index contributed by atoms with van der Waals surface area (Å²) < 4.78 is 11.1. The Morgan fingerprint density at radius 2 is 1.88 bits per heavy atom. The number of benzene rings is 3. The number of fused-ring (bicyclic) bond motifs is 1. The van der Waals surface area contributed by atoms with Gasteiger partial charge in [0.15, 0.2) is 19.0 Å². The van der Waals surface area contributed by atoms with E-state index in [9.17, 15) is 14.4 Å². The van der Waals surface area contributed by atoms with Crippen molar-refractivity contribution in [2.45, 2.75) is 19.5 Å². The van der Waals surface area contributed by atoms with Crippen molar-refractivity contribution < 1.29 is 23.9 Å². The highest BCUT2D eigenvalue weighted by Gasteiger charge is 2.33. The summed E-state index contributed by atoms with van der Waals surface area (Å²) in [5, 5.41) is 3.36. The molecular formula is C26H23ClN2O5. The second kappa shape index (κ2) is 10.4. The first-order valence-electron chi connectivity index (χ1n) is 10.7. The topological polar surface area (TPSA) is 84.9 Å². The monoisotopic (exact) mass is 478 g/mol. The molecule has 2 amide bonds. The van der Waals surface area contributed by atoms with E-state index in [0.29, 0.717) is 34.3 Å². The van der Waals surface area contributed by atoms with E-state index in [1.807, 2.05) is 30.3 Å². The number of nitrogens with one attached hydrogen (secondary N) is 1. The number of rotatable bonds is 8. The summed E-state index contributed by atoms with van der Waals surface area (Å²) in [5.41, 5.74) is 1.65. The zero-order valence-electron chi connectivity index (χ0n) is 18.5. The van der Waals surface area contributed by atoms with E-state index in [4.69, 9.17) is 21.1 Å². The van der Waals surface area contributed by atoms with Crippen LogP contribution in [-0.2, 0) is 16.1 Å². The molecule has 1 N–H and O–H groups in total. The van der Waals surface area contributed by atoms with Crippen LogP contribution in [-0.4, -0.2) is 36.9 Å². The Kier molecular flexibility index (Phi) is 7.13. The van der Waals surface area contributed by atoms with Crippen LogP contribution in [0.3, 0.4) is 0 Å². The second-order valence-corrected chi connectivity index (χ2v) is 8.22. The quantitative estimate of drug-likeness (QED) is 0.494. The van der Waals surface area contributed by atoms with Gasteiger partial charge in [0.1, 0.15) is 17.5 Å². The Bertz CT molecular complexity index is 1210. The summed E-state index contributed by atoms with van der Waals surface area (Å²) in [6.07, 6.45) is 0. The third-order valence-electron chi connectivity index (χ3n) is 5.40. The van der Waals surface area contributed by atoms with Crippen molar-refractivity contribution in [3.8, 4) is 11.5 Å². The summed E-state index contributed by atoms with van der Waals surface area (Å²) in [4.78, 5) is 39.7. The van der Waals surface area contributed by atoms with Crippen LogP contribution in [0.5, 0.6) is 11.5 Å². The first-order chi connectivity index (χ1) is 16.4. The fourth-order valence-corrected chi connectivity index (χ4v) is 3.79. The predicted octanol–water partition coefficient (Wildman–Crippen LogP) is 4.03. The van der Waals surface area contributed by atoms with Gasteiger partial charge in [-0.05, 0) is 48.9 Å². The zero-order valence-corrected chi connectivity index (χ0v) is 19.2. The number of carbonyl (C=O) groups excluding carboxylic acids is 3. The molecule has 1 aliphatic heterocycles. The van der Waals surface area contributed by atoms with Crippen LogP contribution in [0.1, 0.15) is 22.8 Å². The molecule has 34 heavy (non-hydrogen) atoms. The number of amides is 2. The summed E-state index contributed by atoms with van der Waals surface area (Å²) in [6.45, 7) is 1.59. The van der Waals surface area contributed by atoms with Crippen molar-refractivity contribution in [2.75, 3.05) is 18.1 Å². The first kappa shape index (κ1) is 23.3. The van der Waals surface area contributed by atoms with Crippen LogP contribution < -0.4 is 19.7 Å². The average molecular weight is 479 g/mol. The number of nitrogens with zero attached hydrogens (tertiary/aromatic N) is 1. The van der Waals surface area contributed by atoms with E-state index in [1.165, 1.54) is 4.90 Å². The van der Waals surface area contributed by atoms with E-state index >= 15 is 0 Å². The van der Waals surface area contributed by atoms with Crippen LogP contribution in [0.4, 0.5) is 5.69 Å². The van der Waals surface area contributed by atoms with Crippen molar-refractivity contribution in [3.63, 3.8) is 0 Å². The Morgan fingerprint density at radius 1 is 1.09 bits per heavy atom.